The van der Waals surface area contributed by atoms with E-state index >= 15 is 0 Å². The van der Waals surface area contributed by atoms with Gasteiger partial charge in [0.05, 0.1) is 23.7 Å². The van der Waals surface area contributed by atoms with Gasteiger partial charge in [0.25, 0.3) is 5.91 Å². The number of thiophene rings is 1. The van der Waals surface area contributed by atoms with Crippen molar-refractivity contribution in [3.8, 4) is 16.6 Å². The highest BCUT2D eigenvalue weighted by Gasteiger charge is 2.14. The third kappa shape index (κ3) is 3.57. The van der Waals surface area contributed by atoms with Crippen molar-refractivity contribution in [1.29, 1.82) is 0 Å². The van der Waals surface area contributed by atoms with Crippen LogP contribution >= 0.6 is 11.3 Å². The van der Waals surface area contributed by atoms with Crippen LogP contribution in [-0.2, 0) is 6.54 Å². The number of aromatic nitrogens is 2. The van der Waals surface area contributed by atoms with E-state index < -0.39 is 0 Å². The molecule has 1 amide bonds. The maximum atomic E-state index is 12.3. The Balaban J connectivity index is 1.65. The number of hydrogen-bond donors (Lipinski definition) is 1. The quantitative estimate of drug-likeness (QED) is 0.752. The SMILES string of the molecule is CCOc1ncccc1C(=O)NCc1coc(-c2cccs2)n1. The van der Waals surface area contributed by atoms with E-state index in [4.69, 9.17) is 9.15 Å². The molecule has 118 valence electrons. The topological polar surface area (TPSA) is 77.2 Å². The fraction of sp³-hybridized carbons (Fsp3) is 0.188. The Kier molecular flexibility index (Phi) is 4.68. The second kappa shape index (κ2) is 7.06. The molecule has 0 bridgehead atoms. The van der Waals surface area contributed by atoms with Crippen LogP contribution in [0.4, 0.5) is 0 Å². The smallest absolute Gasteiger partial charge is 0.257 e. The maximum absolute atomic E-state index is 12.3. The molecule has 0 spiro atoms. The third-order valence-corrected chi connectivity index (χ3v) is 3.87. The number of ether oxygens (including phenoxy) is 1. The van der Waals surface area contributed by atoms with Crippen molar-refractivity contribution in [1.82, 2.24) is 15.3 Å². The predicted octanol–water partition coefficient (Wildman–Crippen LogP) is 3.13. The summed E-state index contributed by atoms with van der Waals surface area (Å²) in [7, 11) is 0. The maximum Gasteiger partial charge on any atom is 0.257 e. The van der Waals surface area contributed by atoms with Crippen molar-refractivity contribution in [2.75, 3.05) is 6.61 Å². The molecule has 3 aromatic heterocycles. The number of nitrogens with one attached hydrogen (secondary N) is 1. The Morgan fingerprint density at radius 3 is 3.09 bits per heavy atom. The van der Waals surface area contributed by atoms with E-state index in [2.05, 4.69) is 15.3 Å². The molecule has 0 fully saturated rings. The van der Waals surface area contributed by atoms with Crippen molar-refractivity contribution in [3.05, 3.63) is 53.4 Å². The second-order valence-corrected chi connectivity index (χ2v) is 5.54. The Morgan fingerprint density at radius 1 is 1.39 bits per heavy atom. The van der Waals surface area contributed by atoms with Crippen LogP contribution < -0.4 is 10.1 Å². The van der Waals surface area contributed by atoms with Gasteiger partial charge in [-0.05, 0) is 30.5 Å². The second-order valence-electron chi connectivity index (χ2n) is 4.59. The molecule has 0 radical (unpaired) electrons. The van der Waals surface area contributed by atoms with Crippen molar-refractivity contribution in [2.45, 2.75) is 13.5 Å². The van der Waals surface area contributed by atoms with Gasteiger partial charge in [0.15, 0.2) is 0 Å². The standard InChI is InChI=1S/C16H15N3O3S/c1-2-21-15-12(5-3-7-17-15)14(20)18-9-11-10-22-16(19-11)13-6-4-8-23-13/h3-8,10H,2,9H2,1H3,(H,18,20). The van der Waals surface area contributed by atoms with E-state index in [0.717, 1.165) is 4.88 Å². The van der Waals surface area contributed by atoms with Crippen LogP contribution in [0.1, 0.15) is 23.0 Å². The van der Waals surface area contributed by atoms with Crippen molar-refractivity contribution in [2.24, 2.45) is 0 Å². The van der Waals surface area contributed by atoms with Crippen LogP contribution in [0.25, 0.3) is 10.8 Å². The Labute approximate surface area is 137 Å². The van der Waals surface area contributed by atoms with Crippen molar-refractivity contribution in [3.63, 3.8) is 0 Å². The molecule has 0 aromatic carbocycles. The van der Waals surface area contributed by atoms with Crippen LogP contribution in [0, 0.1) is 0 Å². The molecule has 0 unspecified atom stereocenters. The number of oxazole rings is 1. The number of rotatable bonds is 6. The lowest BCUT2D eigenvalue weighted by Gasteiger charge is -2.08. The van der Waals surface area contributed by atoms with E-state index in [1.165, 1.54) is 0 Å². The number of pyridine rings is 1. The molecule has 3 aromatic rings. The van der Waals surface area contributed by atoms with Gasteiger partial charge in [-0.2, -0.15) is 0 Å². The molecule has 1 N–H and O–H groups in total. The van der Waals surface area contributed by atoms with Gasteiger partial charge >= 0.3 is 0 Å². The average molecular weight is 329 g/mol. The van der Waals surface area contributed by atoms with Crippen LogP contribution in [-0.4, -0.2) is 22.5 Å². The Morgan fingerprint density at radius 2 is 2.30 bits per heavy atom. The van der Waals surface area contributed by atoms with Gasteiger partial charge in [-0.3, -0.25) is 4.79 Å². The average Bonchev–Trinajstić information content (AvgIpc) is 3.24. The first-order chi connectivity index (χ1) is 11.3. The summed E-state index contributed by atoms with van der Waals surface area (Å²) in [5.74, 6) is 0.620. The molecular weight excluding hydrogens is 314 g/mol. The molecule has 0 aliphatic rings. The number of carbonyl (C=O) groups excluding carboxylic acids is 1. The van der Waals surface area contributed by atoms with Gasteiger partial charge in [-0.25, -0.2) is 9.97 Å². The number of carbonyl (C=O) groups is 1. The summed E-state index contributed by atoms with van der Waals surface area (Å²) in [6.45, 7) is 2.57. The molecule has 0 atom stereocenters. The van der Waals surface area contributed by atoms with E-state index in [0.29, 0.717) is 29.6 Å². The molecular formula is C16H15N3O3S. The Hall–Kier alpha value is -2.67. The minimum absolute atomic E-state index is 0.262. The van der Waals surface area contributed by atoms with E-state index in [1.54, 1.807) is 35.9 Å². The lowest BCUT2D eigenvalue weighted by molar-refractivity contribution is 0.0945. The van der Waals surface area contributed by atoms with Gasteiger partial charge in [0.1, 0.15) is 11.8 Å². The zero-order valence-electron chi connectivity index (χ0n) is 12.5. The van der Waals surface area contributed by atoms with Gasteiger partial charge < -0.3 is 14.5 Å². The Bertz CT molecular complexity index is 783. The predicted molar refractivity (Wildman–Crippen MR) is 86.4 cm³/mol. The number of amides is 1. The third-order valence-electron chi connectivity index (χ3n) is 3.01. The van der Waals surface area contributed by atoms with Crippen molar-refractivity contribution >= 4 is 17.2 Å². The molecule has 7 heteroatoms. The van der Waals surface area contributed by atoms with Crippen molar-refractivity contribution < 1.29 is 13.9 Å². The fourth-order valence-electron chi connectivity index (χ4n) is 1.98. The normalized spacial score (nSPS) is 10.5. The zero-order valence-corrected chi connectivity index (χ0v) is 13.3. The van der Waals surface area contributed by atoms with Gasteiger partial charge in [-0.1, -0.05) is 6.07 Å². The molecule has 0 saturated carbocycles. The summed E-state index contributed by atoms with van der Waals surface area (Å²) in [4.78, 5) is 21.6. The number of hydrogen-bond acceptors (Lipinski definition) is 6. The summed E-state index contributed by atoms with van der Waals surface area (Å²) < 4.78 is 10.8. The van der Waals surface area contributed by atoms with E-state index in [9.17, 15) is 4.79 Å². The summed E-state index contributed by atoms with van der Waals surface area (Å²) in [6.07, 6.45) is 3.13. The van der Waals surface area contributed by atoms with Crippen LogP contribution in [0.5, 0.6) is 5.88 Å². The number of nitrogens with zero attached hydrogens (tertiary/aromatic N) is 2. The highest BCUT2D eigenvalue weighted by Crippen LogP contribution is 2.23. The van der Waals surface area contributed by atoms with E-state index in [1.807, 2.05) is 24.4 Å². The lowest BCUT2D eigenvalue weighted by Crippen LogP contribution is -2.24. The fourth-order valence-corrected chi connectivity index (χ4v) is 2.64. The summed E-state index contributed by atoms with van der Waals surface area (Å²) >= 11 is 1.55. The van der Waals surface area contributed by atoms with Gasteiger partial charge in [0, 0.05) is 6.20 Å². The van der Waals surface area contributed by atoms with E-state index in [-0.39, 0.29) is 12.5 Å². The first-order valence-electron chi connectivity index (χ1n) is 7.12. The minimum Gasteiger partial charge on any atom is -0.477 e. The molecule has 0 saturated heterocycles. The first kappa shape index (κ1) is 15.2. The van der Waals surface area contributed by atoms with Crippen LogP contribution in [0.2, 0.25) is 0 Å². The zero-order chi connectivity index (χ0) is 16.1. The molecule has 0 aliphatic carbocycles. The minimum atomic E-state index is -0.262. The van der Waals surface area contributed by atoms with Crippen LogP contribution in [0.15, 0.2) is 46.5 Å². The molecule has 3 heterocycles. The highest BCUT2D eigenvalue weighted by molar-refractivity contribution is 7.13. The largest absolute Gasteiger partial charge is 0.477 e. The summed E-state index contributed by atoms with van der Waals surface area (Å²) in [6, 6.07) is 7.24. The van der Waals surface area contributed by atoms with Gasteiger partial charge in [-0.15, -0.1) is 11.3 Å². The first-order valence-corrected chi connectivity index (χ1v) is 8.00. The lowest BCUT2D eigenvalue weighted by atomic mass is 10.2. The van der Waals surface area contributed by atoms with Crippen LogP contribution in [0.3, 0.4) is 0 Å². The van der Waals surface area contributed by atoms with Gasteiger partial charge in [0.2, 0.25) is 11.8 Å². The molecule has 23 heavy (non-hydrogen) atoms. The monoisotopic (exact) mass is 329 g/mol. The highest BCUT2D eigenvalue weighted by atomic mass is 32.1. The summed E-state index contributed by atoms with van der Waals surface area (Å²) in [5, 5.41) is 4.75. The molecule has 0 aliphatic heterocycles. The molecule has 6 nitrogen and oxygen atoms in total. The summed E-state index contributed by atoms with van der Waals surface area (Å²) in [5.41, 5.74) is 1.06. The molecule has 3 rings (SSSR count).